The third kappa shape index (κ3) is 2.58. The van der Waals surface area contributed by atoms with Crippen molar-refractivity contribution in [1.82, 2.24) is 15.5 Å². The van der Waals surface area contributed by atoms with E-state index in [1.807, 2.05) is 6.92 Å². The highest BCUT2D eigenvalue weighted by molar-refractivity contribution is 6.33. The van der Waals surface area contributed by atoms with Crippen LogP contribution in [0.4, 0.5) is 5.82 Å². The summed E-state index contributed by atoms with van der Waals surface area (Å²) in [6.07, 6.45) is 4.01. The lowest BCUT2D eigenvalue weighted by Gasteiger charge is -2.24. The van der Waals surface area contributed by atoms with Crippen molar-refractivity contribution in [3.63, 3.8) is 0 Å². The Balaban J connectivity index is 2.06. The van der Waals surface area contributed by atoms with E-state index in [0.717, 1.165) is 25.1 Å². The van der Waals surface area contributed by atoms with Crippen LogP contribution in [0.1, 0.15) is 18.4 Å². The Kier molecular flexibility index (Phi) is 3.38. The van der Waals surface area contributed by atoms with Crippen molar-refractivity contribution in [1.29, 1.82) is 0 Å². The van der Waals surface area contributed by atoms with Gasteiger partial charge in [0.2, 0.25) is 0 Å². The molecule has 82 valence electrons. The standard InChI is InChI=1S/C10H15ClN4/c1-7-5-13-15-10(9(7)11)14-8-3-2-4-12-6-8/h5,8,12H,2-4,6H2,1H3,(H,14,15)/t8-/m1/s1. The van der Waals surface area contributed by atoms with Gasteiger partial charge in [-0.1, -0.05) is 11.6 Å². The number of nitrogens with zero attached hydrogens (tertiary/aromatic N) is 2. The van der Waals surface area contributed by atoms with Gasteiger partial charge in [0.05, 0.1) is 11.2 Å². The molecule has 1 aromatic heterocycles. The average molecular weight is 227 g/mol. The molecule has 0 amide bonds. The van der Waals surface area contributed by atoms with E-state index in [0.29, 0.717) is 16.9 Å². The lowest BCUT2D eigenvalue weighted by molar-refractivity contribution is 0.478. The van der Waals surface area contributed by atoms with E-state index in [1.165, 1.54) is 6.42 Å². The first-order valence-electron chi connectivity index (χ1n) is 5.22. The molecule has 1 fully saturated rings. The third-order valence-electron chi connectivity index (χ3n) is 2.60. The summed E-state index contributed by atoms with van der Waals surface area (Å²) >= 11 is 6.13. The van der Waals surface area contributed by atoms with E-state index in [4.69, 9.17) is 11.6 Å². The molecule has 0 spiro atoms. The van der Waals surface area contributed by atoms with Crippen LogP contribution in [0, 0.1) is 6.92 Å². The molecular weight excluding hydrogens is 212 g/mol. The first kappa shape index (κ1) is 10.6. The molecule has 2 rings (SSSR count). The highest BCUT2D eigenvalue weighted by Gasteiger charge is 2.15. The summed E-state index contributed by atoms with van der Waals surface area (Å²) in [6.45, 7) is 4.00. The van der Waals surface area contributed by atoms with Crippen LogP contribution in [-0.2, 0) is 0 Å². The number of anilines is 1. The summed E-state index contributed by atoms with van der Waals surface area (Å²) in [6, 6.07) is 0.410. The van der Waals surface area contributed by atoms with Gasteiger partial charge >= 0.3 is 0 Å². The molecule has 2 N–H and O–H groups in total. The minimum atomic E-state index is 0.410. The van der Waals surface area contributed by atoms with Crippen molar-refractivity contribution in [2.24, 2.45) is 0 Å². The van der Waals surface area contributed by atoms with Crippen LogP contribution in [0.3, 0.4) is 0 Å². The van der Waals surface area contributed by atoms with Crippen molar-refractivity contribution < 1.29 is 0 Å². The molecule has 1 aromatic rings. The van der Waals surface area contributed by atoms with Gasteiger partial charge in [0, 0.05) is 12.6 Å². The van der Waals surface area contributed by atoms with E-state index in [9.17, 15) is 0 Å². The number of nitrogens with one attached hydrogen (secondary N) is 2. The van der Waals surface area contributed by atoms with Crippen LogP contribution in [0.5, 0.6) is 0 Å². The molecule has 5 heteroatoms. The van der Waals surface area contributed by atoms with E-state index in [2.05, 4.69) is 20.8 Å². The highest BCUT2D eigenvalue weighted by atomic mass is 35.5. The molecule has 1 aliphatic heterocycles. The molecule has 0 saturated carbocycles. The van der Waals surface area contributed by atoms with Crippen LogP contribution in [0.25, 0.3) is 0 Å². The lowest BCUT2D eigenvalue weighted by Crippen LogP contribution is -2.38. The van der Waals surface area contributed by atoms with Crippen LogP contribution in [0.15, 0.2) is 6.20 Å². The van der Waals surface area contributed by atoms with Gasteiger partial charge in [-0.05, 0) is 31.9 Å². The van der Waals surface area contributed by atoms with Gasteiger partial charge in [-0.25, -0.2) is 0 Å². The summed E-state index contributed by atoms with van der Waals surface area (Å²) in [5, 5.41) is 15.2. The van der Waals surface area contributed by atoms with E-state index in [-0.39, 0.29) is 0 Å². The number of hydrogen-bond acceptors (Lipinski definition) is 4. The Morgan fingerprint density at radius 1 is 1.60 bits per heavy atom. The number of rotatable bonds is 2. The van der Waals surface area contributed by atoms with Gasteiger partial charge in [0.15, 0.2) is 5.82 Å². The van der Waals surface area contributed by atoms with E-state index >= 15 is 0 Å². The van der Waals surface area contributed by atoms with E-state index in [1.54, 1.807) is 6.20 Å². The number of aryl methyl sites for hydroxylation is 1. The molecule has 4 nitrogen and oxygen atoms in total. The van der Waals surface area contributed by atoms with Crippen molar-refractivity contribution in [3.05, 3.63) is 16.8 Å². The maximum absolute atomic E-state index is 6.13. The van der Waals surface area contributed by atoms with E-state index < -0.39 is 0 Å². The zero-order valence-corrected chi connectivity index (χ0v) is 9.51. The molecule has 0 unspecified atom stereocenters. The normalized spacial score (nSPS) is 21.3. The van der Waals surface area contributed by atoms with Crippen molar-refractivity contribution >= 4 is 17.4 Å². The smallest absolute Gasteiger partial charge is 0.168 e. The van der Waals surface area contributed by atoms with Crippen LogP contribution < -0.4 is 10.6 Å². The Bertz CT molecular complexity index is 336. The van der Waals surface area contributed by atoms with Crippen LogP contribution in [0.2, 0.25) is 5.02 Å². The monoisotopic (exact) mass is 226 g/mol. The van der Waals surface area contributed by atoms with Gasteiger partial charge < -0.3 is 10.6 Å². The highest BCUT2D eigenvalue weighted by Crippen LogP contribution is 2.22. The molecule has 1 aliphatic rings. The summed E-state index contributed by atoms with van der Waals surface area (Å²) < 4.78 is 0. The minimum Gasteiger partial charge on any atom is -0.363 e. The topological polar surface area (TPSA) is 49.8 Å². The second-order valence-electron chi connectivity index (χ2n) is 3.88. The number of aromatic nitrogens is 2. The zero-order chi connectivity index (χ0) is 10.7. The zero-order valence-electron chi connectivity index (χ0n) is 8.76. The van der Waals surface area contributed by atoms with Crippen molar-refractivity contribution in [2.45, 2.75) is 25.8 Å². The van der Waals surface area contributed by atoms with Gasteiger partial charge in [0.25, 0.3) is 0 Å². The molecule has 15 heavy (non-hydrogen) atoms. The Morgan fingerprint density at radius 3 is 3.20 bits per heavy atom. The minimum absolute atomic E-state index is 0.410. The molecule has 0 bridgehead atoms. The molecular formula is C10H15ClN4. The molecule has 0 aliphatic carbocycles. The van der Waals surface area contributed by atoms with Crippen LogP contribution >= 0.6 is 11.6 Å². The lowest BCUT2D eigenvalue weighted by atomic mass is 10.1. The Hall–Kier alpha value is -0.870. The van der Waals surface area contributed by atoms with Crippen molar-refractivity contribution in [2.75, 3.05) is 18.4 Å². The predicted octanol–water partition coefficient (Wildman–Crippen LogP) is 1.60. The summed E-state index contributed by atoms with van der Waals surface area (Å²) in [5.74, 6) is 0.699. The van der Waals surface area contributed by atoms with Gasteiger partial charge in [-0.3, -0.25) is 0 Å². The SMILES string of the molecule is Cc1cnnc(N[C@@H]2CCCNC2)c1Cl. The van der Waals surface area contributed by atoms with Crippen molar-refractivity contribution in [3.8, 4) is 0 Å². The predicted molar refractivity (Wildman–Crippen MR) is 61.3 cm³/mol. The fourth-order valence-corrected chi connectivity index (χ4v) is 1.86. The maximum Gasteiger partial charge on any atom is 0.168 e. The second kappa shape index (κ2) is 4.77. The second-order valence-corrected chi connectivity index (χ2v) is 4.26. The molecule has 0 aromatic carbocycles. The largest absolute Gasteiger partial charge is 0.363 e. The van der Waals surface area contributed by atoms with Gasteiger partial charge in [0.1, 0.15) is 0 Å². The Morgan fingerprint density at radius 2 is 2.47 bits per heavy atom. The number of halogens is 1. The third-order valence-corrected chi connectivity index (χ3v) is 3.08. The maximum atomic E-state index is 6.13. The van der Waals surface area contributed by atoms with Gasteiger partial charge in [-0.2, -0.15) is 5.10 Å². The first-order valence-corrected chi connectivity index (χ1v) is 5.60. The summed E-state index contributed by atoms with van der Waals surface area (Å²) in [7, 11) is 0. The Labute approximate surface area is 94.4 Å². The molecule has 1 saturated heterocycles. The average Bonchev–Trinajstić information content (AvgIpc) is 2.26. The van der Waals surface area contributed by atoms with Crippen LogP contribution in [-0.4, -0.2) is 29.3 Å². The summed E-state index contributed by atoms with van der Waals surface area (Å²) in [4.78, 5) is 0. The molecule has 2 heterocycles. The van der Waals surface area contributed by atoms with Gasteiger partial charge in [-0.15, -0.1) is 5.10 Å². The molecule has 1 atom stereocenters. The quantitative estimate of drug-likeness (QED) is 0.805. The fourth-order valence-electron chi connectivity index (χ4n) is 1.72. The summed E-state index contributed by atoms with van der Waals surface area (Å²) in [5.41, 5.74) is 0.956. The number of piperidine rings is 1. The molecule has 0 radical (unpaired) electrons. The number of hydrogen-bond donors (Lipinski definition) is 2. The fraction of sp³-hybridized carbons (Fsp3) is 0.600. The first-order chi connectivity index (χ1) is 7.27.